The Kier molecular flexibility index (Phi) is 7.62. The number of anilines is 1. The number of aryl methyl sites for hydroxylation is 1. The highest BCUT2D eigenvalue weighted by Gasteiger charge is 2.22. The minimum atomic E-state index is -0.480. The van der Waals surface area contributed by atoms with E-state index in [1.807, 2.05) is 30.3 Å². The smallest absolute Gasteiger partial charge is 0.205 e. The van der Waals surface area contributed by atoms with Gasteiger partial charge in [-0.05, 0) is 12.5 Å². The second kappa shape index (κ2) is 10.4. The van der Waals surface area contributed by atoms with Gasteiger partial charge in [0.15, 0.2) is 5.96 Å². The highest BCUT2D eigenvalue weighted by atomic mass is 32.1. The third kappa shape index (κ3) is 5.65. The molecule has 0 spiro atoms. The Hall–Kier alpha value is -2.19. The minimum Gasteiger partial charge on any atom is -0.391 e. The van der Waals surface area contributed by atoms with Crippen molar-refractivity contribution in [2.45, 2.75) is 32.8 Å². The summed E-state index contributed by atoms with van der Waals surface area (Å²) in [7, 11) is 0. The molecule has 0 bridgehead atoms. The number of rotatable bonds is 7. The molecule has 1 aromatic carbocycles. The standard InChI is InChI=1S/C20H30N6OS/c1-3-18-23-20(28-24-18)26-12-10-25(11-13-26)19(21-4-2)22-15-17(27)14-16-8-6-5-7-9-16/h5-9,17,27H,3-4,10-15H2,1-2H3,(H,21,22). The van der Waals surface area contributed by atoms with E-state index in [0.717, 1.165) is 61.6 Å². The summed E-state index contributed by atoms with van der Waals surface area (Å²) in [4.78, 5) is 13.8. The SMILES string of the molecule is CCNC(=NCC(O)Cc1ccccc1)N1CCN(c2nc(CC)ns2)CC1. The quantitative estimate of drug-likeness (QED) is 0.543. The van der Waals surface area contributed by atoms with Crippen molar-refractivity contribution in [1.29, 1.82) is 0 Å². The topological polar surface area (TPSA) is 76.9 Å². The van der Waals surface area contributed by atoms with E-state index in [2.05, 4.69) is 43.3 Å². The van der Waals surface area contributed by atoms with Crippen LogP contribution in [-0.4, -0.2) is 70.7 Å². The van der Waals surface area contributed by atoms with Gasteiger partial charge in [-0.1, -0.05) is 37.3 Å². The Bertz CT molecular complexity index is 742. The first-order valence-electron chi connectivity index (χ1n) is 10.0. The average Bonchev–Trinajstić information content (AvgIpc) is 3.21. The highest BCUT2D eigenvalue weighted by Crippen LogP contribution is 2.19. The third-order valence-electron chi connectivity index (χ3n) is 4.72. The van der Waals surface area contributed by atoms with Crippen LogP contribution in [0.3, 0.4) is 0 Å². The number of nitrogens with one attached hydrogen (secondary N) is 1. The fourth-order valence-corrected chi connectivity index (χ4v) is 4.00. The molecule has 1 aromatic heterocycles. The largest absolute Gasteiger partial charge is 0.391 e. The van der Waals surface area contributed by atoms with E-state index in [0.29, 0.717) is 13.0 Å². The molecule has 3 rings (SSSR count). The first kappa shape index (κ1) is 20.5. The number of hydrogen-bond acceptors (Lipinski definition) is 6. The second-order valence-electron chi connectivity index (χ2n) is 6.86. The van der Waals surface area contributed by atoms with Crippen LogP contribution in [0, 0.1) is 0 Å². The summed E-state index contributed by atoms with van der Waals surface area (Å²) in [6, 6.07) is 10.1. The van der Waals surface area contributed by atoms with Crippen LogP contribution in [0.5, 0.6) is 0 Å². The minimum absolute atomic E-state index is 0.397. The molecule has 1 fully saturated rings. The molecule has 152 valence electrons. The predicted octanol–water partition coefficient (Wildman–Crippen LogP) is 1.79. The molecule has 1 atom stereocenters. The van der Waals surface area contributed by atoms with Gasteiger partial charge < -0.3 is 20.2 Å². The number of aliphatic hydroxyl groups is 1. The number of aromatic nitrogens is 2. The van der Waals surface area contributed by atoms with Crippen molar-refractivity contribution in [1.82, 2.24) is 19.6 Å². The van der Waals surface area contributed by atoms with Crippen molar-refractivity contribution in [3.05, 3.63) is 41.7 Å². The molecular weight excluding hydrogens is 372 g/mol. The summed E-state index contributed by atoms with van der Waals surface area (Å²) < 4.78 is 4.39. The van der Waals surface area contributed by atoms with Gasteiger partial charge in [-0.15, -0.1) is 0 Å². The molecule has 1 unspecified atom stereocenters. The van der Waals surface area contributed by atoms with E-state index in [4.69, 9.17) is 0 Å². The zero-order valence-electron chi connectivity index (χ0n) is 16.7. The molecule has 0 amide bonds. The maximum atomic E-state index is 10.4. The van der Waals surface area contributed by atoms with Crippen LogP contribution in [0.4, 0.5) is 5.13 Å². The van der Waals surface area contributed by atoms with Gasteiger partial charge in [0.1, 0.15) is 5.82 Å². The molecule has 0 saturated carbocycles. The van der Waals surface area contributed by atoms with Crippen molar-refractivity contribution in [2.75, 3.05) is 44.2 Å². The molecule has 0 aliphatic carbocycles. The van der Waals surface area contributed by atoms with Gasteiger partial charge in [0.25, 0.3) is 0 Å². The lowest BCUT2D eigenvalue weighted by Gasteiger charge is -2.36. The van der Waals surface area contributed by atoms with E-state index >= 15 is 0 Å². The van der Waals surface area contributed by atoms with Crippen LogP contribution in [0.25, 0.3) is 0 Å². The van der Waals surface area contributed by atoms with Crippen molar-refractivity contribution >= 4 is 22.6 Å². The summed E-state index contributed by atoms with van der Waals surface area (Å²) >= 11 is 1.48. The lowest BCUT2D eigenvalue weighted by Crippen LogP contribution is -2.52. The summed E-state index contributed by atoms with van der Waals surface area (Å²) in [6.07, 6.45) is 1.01. The molecular formula is C20H30N6OS. The molecule has 28 heavy (non-hydrogen) atoms. The lowest BCUT2D eigenvalue weighted by molar-refractivity contribution is 0.183. The van der Waals surface area contributed by atoms with Crippen LogP contribution in [0.2, 0.25) is 0 Å². The normalized spacial score (nSPS) is 16.3. The second-order valence-corrected chi connectivity index (χ2v) is 7.59. The number of hydrogen-bond donors (Lipinski definition) is 2. The molecule has 2 heterocycles. The summed E-state index contributed by atoms with van der Waals surface area (Å²) in [5.41, 5.74) is 1.13. The van der Waals surface area contributed by atoms with E-state index in [1.54, 1.807) is 0 Å². The number of piperazine rings is 1. The molecule has 1 saturated heterocycles. The highest BCUT2D eigenvalue weighted by molar-refractivity contribution is 7.09. The first-order chi connectivity index (χ1) is 13.7. The lowest BCUT2D eigenvalue weighted by atomic mass is 10.1. The van der Waals surface area contributed by atoms with Gasteiger partial charge >= 0.3 is 0 Å². The van der Waals surface area contributed by atoms with Gasteiger partial charge in [-0.2, -0.15) is 4.37 Å². The van der Waals surface area contributed by atoms with Gasteiger partial charge in [-0.25, -0.2) is 4.98 Å². The van der Waals surface area contributed by atoms with Gasteiger partial charge in [-0.3, -0.25) is 4.99 Å². The Morgan fingerprint density at radius 1 is 1.21 bits per heavy atom. The van der Waals surface area contributed by atoms with Crippen LogP contribution < -0.4 is 10.2 Å². The van der Waals surface area contributed by atoms with Gasteiger partial charge in [0, 0.05) is 57.1 Å². The monoisotopic (exact) mass is 402 g/mol. The molecule has 1 aliphatic rings. The summed E-state index contributed by atoms with van der Waals surface area (Å²) in [5, 5.41) is 14.7. The van der Waals surface area contributed by atoms with E-state index in [1.165, 1.54) is 11.5 Å². The van der Waals surface area contributed by atoms with E-state index < -0.39 is 6.10 Å². The van der Waals surface area contributed by atoms with Gasteiger partial charge in [0.2, 0.25) is 5.13 Å². The van der Waals surface area contributed by atoms with Crippen LogP contribution in [0.15, 0.2) is 35.3 Å². The number of nitrogens with zero attached hydrogens (tertiary/aromatic N) is 5. The molecule has 8 heteroatoms. The molecule has 7 nitrogen and oxygen atoms in total. The Morgan fingerprint density at radius 2 is 1.96 bits per heavy atom. The van der Waals surface area contributed by atoms with E-state index in [-0.39, 0.29) is 0 Å². The number of aliphatic hydroxyl groups excluding tert-OH is 1. The Morgan fingerprint density at radius 3 is 2.61 bits per heavy atom. The van der Waals surface area contributed by atoms with Crippen LogP contribution >= 0.6 is 11.5 Å². The van der Waals surface area contributed by atoms with Crippen LogP contribution in [-0.2, 0) is 12.8 Å². The maximum Gasteiger partial charge on any atom is 0.205 e. The summed E-state index contributed by atoms with van der Waals surface area (Å²) in [6.45, 7) is 8.90. The fourth-order valence-electron chi connectivity index (χ4n) is 3.19. The van der Waals surface area contributed by atoms with Crippen LogP contribution in [0.1, 0.15) is 25.2 Å². The zero-order valence-corrected chi connectivity index (χ0v) is 17.5. The number of benzene rings is 1. The zero-order chi connectivity index (χ0) is 19.8. The number of aliphatic imine (C=N–C) groups is 1. The molecule has 2 aromatic rings. The molecule has 1 aliphatic heterocycles. The van der Waals surface area contributed by atoms with Crippen molar-refractivity contribution < 1.29 is 5.11 Å². The van der Waals surface area contributed by atoms with Crippen molar-refractivity contribution in [3.8, 4) is 0 Å². The predicted molar refractivity (Wildman–Crippen MR) is 115 cm³/mol. The fraction of sp³-hybridized carbons (Fsp3) is 0.550. The van der Waals surface area contributed by atoms with Crippen molar-refractivity contribution in [3.63, 3.8) is 0 Å². The van der Waals surface area contributed by atoms with E-state index in [9.17, 15) is 5.11 Å². The Labute approximate surface area is 171 Å². The summed E-state index contributed by atoms with van der Waals surface area (Å²) in [5.74, 6) is 1.80. The number of guanidine groups is 1. The molecule has 2 N–H and O–H groups in total. The average molecular weight is 403 g/mol. The Balaban J connectivity index is 1.54. The maximum absolute atomic E-state index is 10.4. The first-order valence-corrected chi connectivity index (χ1v) is 10.8. The van der Waals surface area contributed by atoms with Crippen molar-refractivity contribution in [2.24, 2.45) is 4.99 Å². The molecule has 0 radical (unpaired) electrons. The third-order valence-corrected chi connectivity index (χ3v) is 5.54. The van der Waals surface area contributed by atoms with Gasteiger partial charge in [0.05, 0.1) is 12.6 Å².